The number of amides is 1. The molecule has 1 aromatic carbocycles. The van der Waals surface area contributed by atoms with Gasteiger partial charge in [0.25, 0.3) is 0 Å². The van der Waals surface area contributed by atoms with Crippen LogP contribution in [0.5, 0.6) is 0 Å². The quantitative estimate of drug-likeness (QED) is 0.841. The molecule has 0 aliphatic rings. The molecule has 1 unspecified atom stereocenters. The molecule has 0 heterocycles. The number of carbonyl (C=O) groups excluding carboxylic acids is 2. The van der Waals surface area contributed by atoms with E-state index in [9.17, 15) is 9.59 Å². The third-order valence-electron chi connectivity index (χ3n) is 2.43. The van der Waals surface area contributed by atoms with E-state index < -0.39 is 17.7 Å². The SMILES string of the molecule is COCc1cccc(C(C=O)NC(=O)OC(C)(C)C)c1. The van der Waals surface area contributed by atoms with Crippen molar-refractivity contribution in [2.45, 2.75) is 39.0 Å². The zero-order valence-corrected chi connectivity index (χ0v) is 12.3. The molecule has 1 amide bonds. The molecular formula is C15H21NO4. The number of hydrogen-bond donors (Lipinski definition) is 1. The molecule has 1 rings (SSSR count). The van der Waals surface area contributed by atoms with Crippen LogP contribution in [-0.4, -0.2) is 25.1 Å². The zero-order chi connectivity index (χ0) is 15.2. The Morgan fingerprint density at radius 2 is 2.10 bits per heavy atom. The number of ether oxygens (including phenoxy) is 2. The number of hydrogen-bond acceptors (Lipinski definition) is 4. The molecule has 0 fully saturated rings. The number of carbonyl (C=O) groups is 2. The van der Waals surface area contributed by atoms with E-state index in [2.05, 4.69) is 5.32 Å². The molecule has 5 heteroatoms. The fraction of sp³-hybridized carbons (Fsp3) is 0.467. The minimum Gasteiger partial charge on any atom is -0.444 e. The van der Waals surface area contributed by atoms with Crippen molar-refractivity contribution in [2.24, 2.45) is 0 Å². The van der Waals surface area contributed by atoms with Gasteiger partial charge in [-0.05, 0) is 31.9 Å². The Kier molecular flexibility index (Phi) is 5.70. The van der Waals surface area contributed by atoms with Gasteiger partial charge in [0, 0.05) is 7.11 Å². The Morgan fingerprint density at radius 3 is 2.65 bits per heavy atom. The fourth-order valence-electron chi connectivity index (χ4n) is 1.67. The number of methoxy groups -OCH3 is 1. The first-order chi connectivity index (χ1) is 9.35. The van der Waals surface area contributed by atoms with E-state index in [0.29, 0.717) is 18.5 Å². The van der Waals surface area contributed by atoms with Gasteiger partial charge < -0.3 is 19.6 Å². The van der Waals surface area contributed by atoms with Crippen LogP contribution in [0.25, 0.3) is 0 Å². The van der Waals surface area contributed by atoms with Crippen molar-refractivity contribution in [3.63, 3.8) is 0 Å². The second kappa shape index (κ2) is 7.05. The van der Waals surface area contributed by atoms with Crippen LogP contribution in [0.3, 0.4) is 0 Å². The van der Waals surface area contributed by atoms with E-state index in [4.69, 9.17) is 9.47 Å². The number of benzene rings is 1. The van der Waals surface area contributed by atoms with E-state index >= 15 is 0 Å². The van der Waals surface area contributed by atoms with Gasteiger partial charge in [-0.25, -0.2) is 4.79 Å². The zero-order valence-electron chi connectivity index (χ0n) is 12.3. The number of alkyl carbamates (subject to hydrolysis) is 1. The summed E-state index contributed by atoms with van der Waals surface area (Å²) in [6.07, 6.45) is 0.0577. The van der Waals surface area contributed by atoms with Gasteiger partial charge in [0.05, 0.1) is 6.61 Å². The molecule has 0 aliphatic carbocycles. The lowest BCUT2D eigenvalue weighted by Crippen LogP contribution is -2.35. The Balaban J connectivity index is 2.78. The number of rotatable bonds is 5. The molecule has 110 valence electrons. The largest absolute Gasteiger partial charge is 0.444 e. The van der Waals surface area contributed by atoms with Crippen LogP contribution in [0.15, 0.2) is 24.3 Å². The summed E-state index contributed by atoms with van der Waals surface area (Å²) in [5.74, 6) is 0. The molecule has 0 aliphatic heterocycles. The van der Waals surface area contributed by atoms with Crippen molar-refractivity contribution in [3.8, 4) is 0 Å². The Hall–Kier alpha value is -1.88. The van der Waals surface area contributed by atoms with E-state index in [1.807, 2.05) is 18.2 Å². The average molecular weight is 279 g/mol. The summed E-state index contributed by atoms with van der Waals surface area (Å²) in [5, 5.41) is 2.54. The molecule has 0 radical (unpaired) electrons. The Bertz CT molecular complexity index is 465. The van der Waals surface area contributed by atoms with Crippen molar-refractivity contribution in [1.29, 1.82) is 0 Å². The third kappa shape index (κ3) is 5.40. The molecule has 20 heavy (non-hydrogen) atoms. The van der Waals surface area contributed by atoms with Gasteiger partial charge in [0.15, 0.2) is 0 Å². The third-order valence-corrected chi connectivity index (χ3v) is 2.43. The highest BCUT2D eigenvalue weighted by atomic mass is 16.6. The lowest BCUT2D eigenvalue weighted by Gasteiger charge is -2.21. The highest BCUT2D eigenvalue weighted by Crippen LogP contribution is 2.15. The van der Waals surface area contributed by atoms with E-state index in [-0.39, 0.29) is 0 Å². The van der Waals surface area contributed by atoms with Crippen molar-refractivity contribution in [3.05, 3.63) is 35.4 Å². The summed E-state index contributed by atoms with van der Waals surface area (Å²) in [6, 6.07) is 6.57. The topological polar surface area (TPSA) is 64.6 Å². The van der Waals surface area contributed by atoms with Gasteiger partial charge in [-0.15, -0.1) is 0 Å². The Labute approximate surface area is 119 Å². The molecule has 0 spiro atoms. The van der Waals surface area contributed by atoms with Crippen LogP contribution in [0.2, 0.25) is 0 Å². The standard InChI is InChI=1S/C15H21NO4/c1-15(2,3)20-14(18)16-13(9-17)12-7-5-6-11(8-12)10-19-4/h5-9,13H,10H2,1-4H3,(H,16,18). The van der Waals surface area contributed by atoms with Gasteiger partial charge in [0.1, 0.15) is 17.9 Å². The lowest BCUT2D eigenvalue weighted by atomic mass is 10.1. The van der Waals surface area contributed by atoms with Crippen LogP contribution in [0, 0.1) is 0 Å². The number of aldehydes is 1. The normalized spacial score (nSPS) is 12.6. The first-order valence-corrected chi connectivity index (χ1v) is 6.38. The van der Waals surface area contributed by atoms with Crippen molar-refractivity contribution < 1.29 is 19.1 Å². The summed E-state index contributed by atoms with van der Waals surface area (Å²) in [7, 11) is 1.60. The van der Waals surface area contributed by atoms with Gasteiger partial charge >= 0.3 is 6.09 Å². The van der Waals surface area contributed by atoms with Gasteiger partial charge in [0.2, 0.25) is 0 Å². The van der Waals surface area contributed by atoms with Crippen LogP contribution in [0.1, 0.15) is 37.9 Å². The maximum atomic E-state index is 11.7. The molecule has 0 aromatic heterocycles. The smallest absolute Gasteiger partial charge is 0.408 e. The molecule has 1 atom stereocenters. The van der Waals surface area contributed by atoms with Gasteiger partial charge in [-0.3, -0.25) is 0 Å². The average Bonchev–Trinajstić information content (AvgIpc) is 2.34. The predicted octanol–water partition coefficient (Wildman–Crippen LogP) is 2.60. The first kappa shape index (κ1) is 16.2. The van der Waals surface area contributed by atoms with Crippen LogP contribution in [-0.2, 0) is 20.9 Å². The summed E-state index contributed by atoms with van der Waals surface area (Å²) in [5.41, 5.74) is 1.03. The molecular weight excluding hydrogens is 258 g/mol. The highest BCUT2D eigenvalue weighted by molar-refractivity contribution is 5.74. The predicted molar refractivity (Wildman–Crippen MR) is 75.3 cm³/mol. The highest BCUT2D eigenvalue weighted by Gasteiger charge is 2.20. The van der Waals surface area contributed by atoms with Crippen molar-refractivity contribution in [1.82, 2.24) is 5.32 Å². The summed E-state index contributed by atoms with van der Waals surface area (Å²) in [4.78, 5) is 22.9. The van der Waals surface area contributed by atoms with Crippen molar-refractivity contribution >= 4 is 12.4 Å². The van der Waals surface area contributed by atoms with E-state index in [1.54, 1.807) is 33.9 Å². The molecule has 0 bridgehead atoms. The fourth-order valence-corrected chi connectivity index (χ4v) is 1.67. The molecule has 0 saturated carbocycles. The van der Waals surface area contributed by atoms with Crippen LogP contribution < -0.4 is 5.32 Å². The van der Waals surface area contributed by atoms with Gasteiger partial charge in [-0.2, -0.15) is 0 Å². The maximum absolute atomic E-state index is 11.7. The Morgan fingerprint density at radius 1 is 1.40 bits per heavy atom. The van der Waals surface area contributed by atoms with Gasteiger partial charge in [-0.1, -0.05) is 24.3 Å². The van der Waals surface area contributed by atoms with E-state index in [0.717, 1.165) is 5.56 Å². The minimum absolute atomic E-state index is 0.450. The molecule has 0 saturated heterocycles. The second-order valence-electron chi connectivity index (χ2n) is 5.44. The molecule has 5 nitrogen and oxygen atoms in total. The molecule has 1 aromatic rings. The van der Waals surface area contributed by atoms with Crippen molar-refractivity contribution in [2.75, 3.05) is 7.11 Å². The second-order valence-corrected chi connectivity index (χ2v) is 5.44. The summed E-state index contributed by atoms with van der Waals surface area (Å²) < 4.78 is 10.2. The van der Waals surface area contributed by atoms with Crippen LogP contribution >= 0.6 is 0 Å². The lowest BCUT2D eigenvalue weighted by molar-refractivity contribution is -0.109. The monoisotopic (exact) mass is 279 g/mol. The number of nitrogens with one attached hydrogen (secondary N) is 1. The molecule has 1 N–H and O–H groups in total. The first-order valence-electron chi connectivity index (χ1n) is 6.38. The maximum Gasteiger partial charge on any atom is 0.408 e. The summed E-state index contributed by atoms with van der Waals surface area (Å²) in [6.45, 7) is 5.75. The van der Waals surface area contributed by atoms with E-state index in [1.165, 1.54) is 0 Å². The van der Waals surface area contributed by atoms with Crippen LogP contribution in [0.4, 0.5) is 4.79 Å². The minimum atomic E-state index is -0.735. The summed E-state index contributed by atoms with van der Waals surface area (Å²) >= 11 is 0.